The first-order valence-corrected chi connectivity index (χ1v) is 15.4. The molecule has 0 fully saturated rings. The van der Waals surface area contributed by atoms with Crippen molar-refractivity contribution in [3.63, 3.8) is 0 Å². The second-order valence-electron chi connectivity index (χ2n) is 7.93. The molecule has 3 aliphatic heterocycles. The molecule has 0 unspecified atom stereocenters. The quantitative estimate of drug-likeness (QED) is 0.327. The lowest BCUT2D eigenvalue weighted by atomic mass is 9.98. The number of rotatable bonds is 3. The van der Waals surface area contributed by atoms with Crippen LogP contribution in [0.5, 0.6) is 0 Å². The zero-order valence-electron chi connectivity index (χ0n) is 17.3. The van der Waals surface area contributed by atoms with Gasteiger partial charge in [0.1, 0.15) is 0 Å². The molecule has 3 heterocycles. The van der Waals surface area contributed by atoms with Crippen molar-refractivity contribution in [2.45, 2.75) is 50.1 Å². The van der Waals surface area contributed by atoms with Gasteiger partial charge in [-0.3, -0.25) is 0 Å². The van der Waals surface area contributed by atoms with Gasteiger partial charge in [-0.15, -0.1) is 69.7 Å². The van der Waals surface area contributed by atoms with Crippen LogP contribution in [0.3, 0.4) is 0 Å². The van der Waals surface area contributed by atoms with Gasteiger partial charge in [0, 0.05) is 29.4 Å². The van der Waals surface area contributed by atoms with E-state index in [0.29, 0.717) is 16.2 Å². The Morgan fingerprint density at radius 1 is 0.452 bits per heavy atom. The monoisotopic (exact) mass is 509 g/mol. The normalized spacial score (nSPS) is 16.8. The lowest BCUT2D eigenvalue weighted by molar-refractivity contribution is 1.14. The van der Waals surface area contributed by atoms with E-state index in [4.69, 9.17) is 0 Å². The Kier molecular flexibility index (Phi) is 5.95. The van der Waals surface area contributed by atoms with E-state index in [2.05, 4.69) is 80.0 Å². The fraction of sp³-hybridized carbons (Fsp3) is 0.143. The summed E-state index contributed by atoms with van der Waals surface area (Å²) >= 11 is 12.2. The number of hydrogen-bond donors (Lipinski definition) is 0. The van der Waals surface area contributed by atoms with Gasteiger partial charge in [-0.1, -0.05) is 18.2 Å². The zero-order valence-corrected chi connectivity index (χ0v) is 22.2. The summed E-state index contributed by atoms with van der Waals surface area (Å²) in [6.45, 7) is 6.58. The molecule has 10 heteroatoms. The highest BCUT2D eigenvalue weighted by Crippen LogP contribution is 2.57. The topological polar surface area (TPSA) is 3.24 Å². The van der Waals surface area contributed by atoms with Gasteiger partial charge in [-0.25, -0.2) is 0 Å². The maximum Gasteiger partial charge on any atom is 0.351 e. The molecular formula is C21H18B3NS6. The van der Waals surface area contributed by atoms with Gasteiger partial charge in [0.05, 0.1) is 0 Å². The van der Waals surface area contributed by atoms with Gasteiger partial charge in [0.25, 0.3) is 0 Å². The SMILES string of the molecule is Cc1ccc2c(c1)SB(N(B1Sc3ccc(C)cc3S1)B1Sc3ccc(C)cc3S1)S2. The minimum Gasteiger partial charge on any atom is -0.368 e. The predicted octanol–water partition coefficient (Wildman–Crippen LogP) is 7.86. The predicted molar refractivity (Wildman–Crippen MR) is 148 cm³/mol. The van der Waals surface area contributed by atoms with Crippen molar-refractivity contribution in [2.75, 3.05) is 0 Å². The Morgan fingerprint density at radius 3 is 1.06 bits per heavy atom. The lowest BCUT2D eigenvalue weighted by Gasteiger charge is -2.30. The molecule has 0 saturated heterocycles. The summed E-state index contributed by atoms with van der Waals surface area (Å²) in [5, 5.41) is 1.16. The minimum atomic E-state index is 0.387. The van der Waals surface area contributed by atoms with Crippen LogP contribution < -0.4 is 0 Å². The largest absolute Gasteiger partial charge is 0.368 e. The van der Waals surface area contributed by atoms with E-state index in [-0.39, 0.29) is 0 Å². The van der Waals surface area contributed by atoms with Crippen LogP contribution in [-0.2, 0) is 0 Å². The first-order chi connectivity index (χ1) is 15.0. The Hall–Kier alpha value is -0.0852. The highest BCUT2D eigenvalue weighted by molar-refractivity contribution is 8.63. The highest BCUT2D eigenvalue weighted by Gasteiger charge is 2.49. The molecule has 0 aromatic heterocycles. The average Bonchev–Trinajstić information content (AvgIpc) is 3.43. The fourth-order valence-electron chi connectivity index (χ4n) is 3.80. The standard InChI is InChI=1S/C21H18B3NS6/c1-13-4-7-16-19(10-13)29-22(26-16)25(23-27-17-8-5-14(2)11-20(17)30-23)24-28-18-9-6-15(3)12-21(18)31-24/h4-12H,1-3H3. The van der Waals surface area contributed by atoms with Gasteiger partial charge in [-0.05, 0) is 73.9 Å². The number of nitrogens with zero attached hydrogens (tertiary/aromatic N) is 1. The molecule has 0 N–H and O–H groups in total. The van der Waals surface area contributed by atoms with E-state index in [0.717, 1.165) is 0 Å². The van der Waals surface area contributed by atoms with E-state index in [9.17, 15) is 0 Å². The van der Waals surface area contributed by atoms with Crippen molar-refractivity contribution in [2.24, 2.45) is 0 Å². The van der Waals surface area contributed by atoms with Crippen LogP contribution in [0.15, 0.2) is 84.0 Å². The molecule has 0 bridgehead atoms. The number of fused-ring (bicyclic) bond motifs is 3. The molecule has 31 heavy (non-hydrogen) atoms. The molecule has 0 atom stereocenters. The van der Waals surface area contributed by atoms with Crippen LogP contribution in [0.1, 0.15) is 16.7 Å². The van der Waals surface area contributed by atoms with Crippen molar-refractivity contribution in [3.8, 4) is 0 Å². The third-order valence-electron chi connectivity index (χ3n) is 5.39. The Morgan fingerprint density at radius 2 is 0.742 bits per heavy atom. The van der Waals surface area contributed by atoms with E-state index >= 15 is 0 Å². The van der Waals surface area contributed by atoms with Crippen LogP contribution in [-0.4, -0.2) is 20.8 Å². The van der Waals surface area contributed by atoms with Gasteiger partial charge in [0.2, 0.25) is 0 Å². The molecule has 3 aliphatic rings. The van der Waals surface area contributed by atoms with Crippen LogP contribution in [0.2, 0.25) is 0 Å². The van der Waals surface area contributed by atoms with Gasteiger partial charge in [0.15, 0.2) is 0 Å². The van der Waals surface area contributed by atoms with E-state index in [1.165, 1.54) is 46.1 Å². The maximum absolute atomic E-state index is 2.76. The summed E-state index contributed by atoms with van der Waals surface area (Å²) < 4.78 is 2.76. The van der Waals surface area contributed by atoms with Crippen molar-refractivity contribution in [1.82, 2.24) is 4.63 Å². The molecule has 3 aromatic carbocycles. The second kappa shape index (κ2) is 8.60. The van der Waals surface area contributed by atoms with E-state index in [1.807, 2.05) is 69.7 Å². The van der Waals surface area contributed by atoms with Crippen molar-refractivity contribution >= 4 is 85.9 Å². The van der Waals surface area contributed by atoms with E-state index in [1.54, 1.807) is 0 Å². The summed E-state index contributed by atoms with van der Waals surface area (Å²) in [6, 6.07) is 20.7. The third-order valence-corrected chi connectivity index (χ3v) is 13.8. The fourth-order valence-corrected chi connectivity index (χ4v) is 13.8. The van der Waals surface area contributed by atoms with Gasteiger partial charge < -0.3 is 4.63 Å². The lowest BCUT2D eigenvalue weighted by Crippen LogP contribution is -2.48. The van der Waals surface area contributed by atoms with Crippen molar-refractivity contribution in [1.29, 1.82) is 0 Å². The molecule has 0 aliphatic carbocycles. The molecule has 0 spiro atoms. The van der Waals surface area contributed by atoms with Gasteiger partial charge in [-0.2, -0.15) is 0 Å². The van der Waals surface area contributed by atoms with Crippen molar-refractivity contribution < 1.29 is 0 Å². The molecule has 152 valence electrons. The molecule has 0 radical (unpaired) electrons. The summed E-state index contributed by atoms with van der Waals surface area (Å²) in [4.78, 5) is 8.57. The second-order valence-corrected chi connectivity index (χ2v) is 15.6. The Labute approximate surface area is 210 Å². The first-order valence-electron chi connectivity index (χ1n) is 10.1. The van der Waals surface area contributed by atoms with Gasteiger partial charge >= 0.3 is 16.2 Å². The van der Waals surface area contributed by atoms with Crippen LogP contribution in [0.4, 0.5) is 0 Å². The number of hydrogen-bond acceptors (Lipinski definition) is 7. The molecular weight excluding hydrogens is 491 g/mol. The molecule has 1 nitrogen and oxygen atoms in total. The highest BCUT2D eigenvalue weighted by atomic mass is 32.2. The number of aryl methyl sites for hydroxylation is 3. The number of benzene rings is 3. The maximum atomic E-state index is 2.76. The summed E-state index contributed by atoms with van der Waals surface area (Å²) in [7, 11) is 0. The van der Waals surface area contributed by atoms with Crippen LogP contribution in [0.25, 0.3) is 0 Å². The Bertz CT molecular complexity index is 1050. The summed E-state index contributed by atoms with van der Waals surface area (Å²) in [5.74, 6) is 0. The molecule has 6 rings (SSSR count). The smallest absolute Gasteiger partial charge is 0.351 e. The molecule has 0 amide bonds. The minimum absolute atomic E-state index is 0.387. The van der Waals surface area contributed by atoms with Crippen LogP contribution >= 0.6 is 69.7 Å². The average molecular weight is 509 g/mol. The first kappa shape index (κ1) is 21.4. The summed E-state index contributed by atoms with van der Waals surface area (Å²) in [5.41, 5.74) is 4.04. The molecule has 3 aromatic rings. The zero-order chi connectivity index (χ0) is 21.1. The Balaban J connectivity index is 1.33. The third kappa shape index (κ3) is 4.15. The van der Waals surface area contributed by atoms with E-state index < -0.39 is 0 Å². The van der Waals surface area contributed by atoms with Crippen LogP contribution in [0, 0.1) is 20.8 Å². The molecule has 0 saturated carbocycles. The van der Waals surface area contributed by atoms with Crippen molar-refractivity contribution in [3.05, 3.63) is 71.3 Å². The summed E-state index contributed by atoms with van der Waals surface area (Å²) in [6.07, 6.45) is 0.